The monoisotopic (exact) mass is 296 g/mol. The Hall–Kier alpha value is -1.69. The Morgan fingerprint density at radius 2 is 1.94 bits per heavy atom. The molecule has 1 aliphatic heterocycles. The molecule has 1 aromatic rings. The first-order chi connectivity index (χ1) is 8.08. The number of carbonyl (C=O) groups is 3. The number of nitrogens with one attached hydrogen (secondary N) is 1. The highest BCUT2D eigenvalue weighted by atomic mass is 79.9. The van der Waals surface area contributed by atoms with Crippen molar-refractivity contribution < 1.29 is 14.4 Å². The van der Waals surface area contributed by atoms with Gasteiger partial charge in [0.05, 0.1) is 6.54 Å². The number of rotatable bonds is 2. The molecule has 17 heavy (non-hydrogen) atoms. The number of amides is 4. The van der Waals surface area contributed by atoms with E-state index >= 15 is 0 Å². The molecule has 0 spiro atoms. The minimum atomic E-state index is -0.665. The predicted octanol–water partition coefficient (Wildman–Crippen LogP) is 1.42. The summed E-state index contributed by atoms with van der Waals surface area (Å²) < 4.78 is 0.817. The van der Waals surface area contributed by atoms with Gasteiger partial charge in [0.15, 0.2) is 0 Å². The topological polar surface area (TPSA) is 66.5 Å². The van der Waals surface area contributed by atoms with Gasteiger partial charge in [0, 0.05) is 4.47 Å². The summed E-state index contributed by atoms with van der Waals surface area (Å²) in [5.74, 6) is -1.03. The van der Waals surface area contributed by atoms with Gasteiger partial charge in [-0.05, 0) is 11.6 Å². The lowest BCUT2D eigenvalue weighted by molar-refractivity contribution is -0.136. The number of imide groups is 2. The number of hydrogen-bond donors (Lipinski definition) is 1. The van der Waals surface area contributed by atoms with Crippen LogP contribution in [0.3, 0.4) is 0 Å². The van der Waals surface area contributed by atoms with Crippen LogP contribution in [0.25, 0.3) is 0 Å². The third-order valence-corrected chi connectivity index (χ3v) is 3.16. The second-order valence-electron chi connectivity index (χ2n) is 3.60. The number of nitrogens with zero attached hydrogens (tertiary/aromatic N) is 1. The second-order valence-corrected chi connectivity index (χ2v) is 4.46. The van der Waals surface area contributed by atoms with Gasteiger partial charge in [0.1, 0.15) is 6.42 Å². The molecule has 0 unspecified atom stereocenters. The smallest absolute Gasteiger partial charge is 0.277 e. The summed E-state index contributed by atoms with van der Waals surface area (Å²) >= 11 is 3.34. The number of urea groups is 1. The normalized spacial score (nSPS) is 16.1. The van der Waals surface area contributed by atoms with Gasteiger partial charge in [-0.3, -0.25) is 19.8 Å². The van der Waals surface area contributed by atoms with Gasteiger partial charge in [0.2, 0.25) is 11.8 Å². The van der Waals surface area contributed by atoms with Crippen molar-refractivity contribution in [1.82, 2.24) is 10.2 Å². The van der Waals surface area contributed by atoms with Crippen molar-refractivity contribution in [3.8, 4) is 0 Å². The van der Waals surface area contributed by atoms with E-state index in [4.69, 9.17) is 0 Å². The molecule has 1 aliphatic rings. The van der Waals surface area contributed by atoms with Gasteiger partial charge in [-0.15, -0.1) is 0 Å². The fourth-order valence-electron chi connectivity index (χ4n) is 1.53. The van der Waals surface area contributed by atoms with Crippen LogP contribution in [0.2, 0.25) is 0 Å². The Morgan fingerprint density at radius 3 is 2.59 bits per heavy atom. The largest absolute Gasteiger partial charge is 0.331 e. The number of halogens is 1. The van der Waals surface area contributed by atoms with Crippen LogP contribution in [-0.4, -0.2) is 22.7 Å². The fraction of sp³-hybridized carbons (Fsp3) is 0.182. The molecule has 0 aliphatic carbocycles. The van der Waals surface area contributed by atoms with E-state index in [2.05, 4.69) is 21.2 Å². The van der Waals surface area contributed by atoms with Crippen molar-refractivity contribution in [2.24, 2.45) is 0 Å². The van der Waals surface area contributed by atoms with Gasteiger partial charge in [-0.1, -0.05) is 34.1 Å². The van der Waals surface area contributed by atoms with Crippen molar-refractivity contribution in [2.75, 3.05) is 0 Å². The summed E-state index contributed by atoms with van der Waals surface area (Å²) in [6.07, 6.45) is -0.282. The van der Waals surface area contributed by atoms with E-state index < -0.39 is 17.8 Å². The molecular weight excluding hydrogens is 288 g/mol. The zero-order chi connectivity index (χ0) is 12.4. The molecule has 1 fully saturated rings. The summed E-state index contributed by atoms with van der Waals surface area (Å²) in [4.78, 5) is 35.0. The summed E-state index contributed by atoms with van der Waals surface area (Å²) in [7, 11) is 0. The molecule has 0 saturated carbocycles. The highest BCUT2D eigenvalue weighted by molar-refractivity contribution is 9.10. The molecule has 0 aromatic heterocycles. The summed E-state index contributed by atoms with van der Waals surface area (Å²) in [5.41, 5.74) is 0.811. The van der Waals surface area contributed by atoms with Gasteiger partial charge < -0.3 is 0 Å². The lowest BCUT2D eigenvalue weighted by Gasteiger charge is -2.25. The fourth-order valence-corrected chi connectivity index (χ4v) is 1.94. The van der Waals surface area contributed by atoms with Crippen LogP contribution in [0.5, 0.6) is 0 Å². The molecule has 2 rings (SSSR count). The number of carbonyl (C=O) groups excluding carboxylic acids is 3. The van der Waals surface area contributed by atoms with Gasteiger partial charge in [-0.25, -0.2) is 4.79 Å². The number of hydrogen-bond acceptors (Lipinski definition) is 3. The maximum absolute atomic E-state index is 11.6. The quantitative estimate of drug-likeness (QED) is 0.839. The van der Waals surface area contributed by atoms with E-state index in [0.29, 0.717) is 0 Å². The van der Waals surface area contributed by atoms with E-state index in [1.807, 2.05) is 18.2 Å². The first kappa shape index (κ1) is 11.8. The summed E-state index contributed by atoms with van der Waals surface area (Å²) in [6.45, 7) is 0.152. The number of benzene rings is 1. The molecule has 1 heterocycles. The molecule has 88 valence electrons. The van der Waals surface area contributed by atoms with E-state index in [0.717, 1.165) is 14.9 Å². The first-order valence-corrected chi connectivity index (χ1v) is 5.75. The van der Waals surface area contributed by atoms with Gasteiger partial charge in [0.25, 0.3) is 0 Å². The van der Waals surface area contributed by atoms with Crippen LogP contribution in [0.4, 0.5) is 4.79 Å². The SMILES string of the molecule is O=C1CC(=O)N(Cc2ccccc2Br)C(=O)N1. The summed E-state index contributed by atoms with van der Waals surface area (Å²) in [5, 5.41) is 2.11. The predicted molar refractivity (Wildman–Crippen MR) is 62.8 cm³/mol. The minimum Gasteiger partial charge on any atom is -0.277 e. The van der Waals surface area contributed by atoms with Crippen molar-refractivity contribution >= 4 is 33.8 Å². The third kappa shape index (κ3) is 2.52. The first-order valence-electron chi connectivity index (χ1n) is 4.95. The standard InChI is InChI=1S/C11H9BrN2O3/c12-8-4-2-1-3-7(8)6-14-10(16)5-9(15)13-11(14)17/h1-4H,5-6H2,(H,13,15,17). The van der Waals surface area contributed by atoms with Crippen LogP contribution in [0.1, 0.15) is 12.0 Å². The molecule has 6 heteroatoms. The van der Waals surface area contributed by atoms with E-state index in [-0.39, 0.29) is 13.0 Å². The average Bonchev–Trinajstić information content (AvgIpc) is 2.25. The van der Waals surface area contributed by atoms with E-state index in [1.165, 1.54) is 0 Å². The minimum absolute atomic E-state index is 0.152. The molecular formula is C11H9BrN2O3. The number of barbiturate groups is 1. The van der Waals surface area contributed by atoms with Crippen LogP contribution in [0.15, 0.2) is 28.7 Å². The van der Waals surface area contributed by atoms with Crippen molar-refractivity contribution in [1.29, 1.82) is 0 Å². The van der Waals surface area contributed by atoms with E-state index in [9.17, 15) is 14.4 Å². The lowest BCUT2D eigenvalue weighted by atomic mass is 10.2. The van der Waals surface area contributed by atoms with Crippen LogP contribution in [0, 0.1) is 0 Å². The zero-order valence-corrected chi connectivity index (χ0v) is 10.4. The van der Waals surface area contributed by atoms with Gasteiger partial charge in [-0.2, -0.15) is 0 Å². The molecule has 0 atom stereocenters. The molecule has 1 aromatic carbocycles. The Morgan fingerprint density at radius 1 is 1.24 bits per heavy atom. The highest BCUT2D eigenvalue weighted by Gasteiger charge is 2.30. The maximum Gasteiger partial charge on any atom is 0.331 e. The molecule has 1 N–H and O–H groups in total. The molecule has 5 nitrogen and oxygen atoms in total. The Balaban J connectivity index is 2.19. The third-order valence-electron chi connectivity index (χ3n) is 2.39. The molecule has 0 bridgehead atoms. The van der Waals surface area contributed by atoms with Crippen molar-refractivity contribution in [3.63, 3.8) is 0 Å². The highest BCUT2D eigenvalue weighted by Crippen LogP contribution is 2.19. The van der Waals surface area contributed by atoms with Crippen LogP contribution >= 0.6 is 15.9 Å². The Bertz CT molecular complexity index is 481. The molecule has 4 amide bonds. The molecule has 1 saturated heterocycles. The van der Waals surface area contributed by atoms with Crippen molar-refractivity contribution in [2.45, 2.75) is 13.0 Å². The van der Waals surface area contributed by atoms with E-state index in [1.54, 1.807) is 6.07 Å². The summed E-state index contributed by atoms with van der Waals surface area (Å²) in [6, 6.07) is 6.63. The average molecular weight is 297 g/mol. The maximum atomic E-state index is 11.6. The van der Waals surface area contributed by atoms with Crippen LogP contribution < -0.4 is 5.32 Å². The lowest BCUT2D eigenvalue weighted by Crippen LogP contribution is -2.52. The zero-order valence-electron chi connectivity index (χ0n) is 8.77. The molecule has 0 radical (unpaired) electrons. The Kier molecular flexibility index (Phi) is 3.23. The Labute approximate surface area is 106 Å². The second kappa shape index (κ2) is 4.67. The van der Waals surface area contributed by atoms with Crippen LogP contribution in [-0.2, 0) is 16.1 Å². The van der Waals surface area contributed by atoms with Gasteiger partial charge >= 0.3 is 6.03 Å². The van der Waals surface area contributed by atoms with Crippen molar-refractivity contribution in [3.05, 3.63) is 34.3 Å².